The summed E-state index contributed by atoms with van der Waals surface area (Å²) in [7, 11) is 1.64. The van der Waals surface area contributed by atoms with Crippen molar-refractivity contribution in [2.75, 3.05) is 7.11 Å². The van der Waals surface area contributed by atoms with Gasteiger partial charge in [0.2, 0.25) is 5.91 Å². The lowest BCUT2D eigenvalue weighted by Gasteiger charge is -2.24. The van der Waals surface area contributed by atoms with Crippen LogP contribution in [-0.2, 0) is 16.9 Å². The Balaban J connectivity index is 1.67. The van der Waals surface area contributed by atoms with Crippen LogP contribution in [0.15, 0.2) is 48.5 Å². The SMILES string of the molecule is COc1ccc(CNC(=O)C(C)(N)c2ccccc2)cc1OC1CCCC1. The van der Waals surface area contributed by atoms with Gasteiger partial charge in [-0.25, -0.2) is 0 Å². The highest BCUT2D eigenvalue weighted by molar-refractivity contribution is 5.86. The molecule has 1 saturated carbocycles. The Morgan fingerprint density at radius 3 is 2.52 bits per heavy atom. The van der Waals surface area contributed by atoms with Gasteiger partial charge in [-0.05, 0) is 55.9 Å². The van der Waals surface area contributed by atoms with Gasteiger partial charge in [-0.15, -0.1) is 0 Å². The minimum atomic E-state index is -1.09. The lowest BCUT2D eigenvalue weighted by atomic mass is 9.92. The molecular formula is C22H28N2O3. The van der Waals surface area contributed by atoms with Crippen molar-refractivity contribution in [2.24, 2.45) is 5.73 Å². The number of amides is 1. The fourth-order valence-corrected chi connectivity index (χ4v) is 3.39. The number of hydrogen-bond acceptors (Lipinski definition) is 4. The van der Waals surface area contributed by atoms with Gasteiger partial charge in [-0.1, -0.05) is 36.4 Å². The van der Waals surface area contributed by atoms with Crippen LogP contribution in [0.2, 0.25) is 0 Å². The van der Waals surface area contributed by atoms with Gasteiger partial charge in [-0.3, -0.25) is 4.79 Å². The Labute approximate surface area is 160 Å². The van der Waals surface area contributed by atoms with Crippen LogP contribution in [0, 0.1) is 0 Å². The first kappa shape index (κ1) is 19.2. The number of carbonyl (C=O) groups excluding carboxylic acids is 1. The molecule has 3 rings (SSSR count). The molecule has 5 heteroatoms. The van der Waals surface area contributed by atoms with Crippen LogP contribution in [0.4, 0.5) is 0 Å². The van der Waals surface area contributed by atoms with Crippen LogP contribution in [0.3, 0.4) is 0 Å². The zero-order valence-corrected chi connectivity index (χ0v) is 16.0. The molecule has 0 saturated heterocycles. The van der Waals surface area contributed by atoms with Crippen LogP contribution in [-0.4, -0.2) is 19.1 Å². The second kappa shape index (κ2) is 8.44. The van der Waals surface area contributed by atoms with E-state index in [4.69, 9.17) is 15.2 Å². The van der Waals surface area contributed by atoms with Crippen LogP contribution < -0.4 is 20.5 Å². The topological polar surface area (TPSA) is 73.6 Å². The van der Waals surface area contributed by atoms with Crippen LogP contribution >= 0.6 is 0 Å². The number of ether oxygens (including phenoxy) is 2. The minimum absolute atomic E-state index is 0.220. The Morgan fingerprint density at radius 2 is 1.85 bits per heavy atom. The van der Waals surface area contributed by atoms with Gasteiger partial charge in [0.05, 0.1) is 13.2 Å². The molecular weight excluding hydrogens is 340 g/mol. The molecule has 1 aliphatic carbocycles. The molecule has 1 unspecified atom stereocenters. The maximum Gasteiger partial charge on any atom is 0.244 e. The molecule has 2 aromatic carbocycles. The van der Waals surface area contributed by atoms with Crippen molar-refractivity contribution in [1.82, 2.24) is 5.32 Å². The highest BCUT2D eigenvalue weighted by Crippen LogP contribution is 2.32. The summed E-state index contributed by atoms with van der Waals surface area (Å²) in [5, 5.41) is 2.94. The number of nitrogens with one attached hydrogen (secondary N) is 1. The van der Waals surface area contributed by atoms with Crippen molar-refractivity contribution in [2.45, 2.75) is 50.8 Å². The third-order valence-electron chi connectivity index (χ3n) is 5.12. The molecule has 144 valence electrons. The smallest absolute Gasteiger partial charge is 0.244 e. The Morgan fingerprint density at radius 1 is 1.15 bits per heavy atom. The van der Waals surface area contributed by atoms with Gasteiger partial charge in [0, 0.05) is 6.54 Å². The van der Waals surface area contributed by atoms with E-state index in [1.54, 1.807) is 14.0 Å². The fraction of sp³-hybridized carbons (Fsp3) is 0.409. The van der Waals surface area contributed by atoms with E-state index in [1.807, 2.05) is 48.5 Å². The summed E-state index contributed by atoms with van der Waals surface area (Å²) in [5.74, 6) is 1.22. The number of hydrogen-bond donors (Lipinski definition) is 2. The molecule has 1 atom stereocenters. The van der Waals surface area contributed by atoms with E-state index in [1.165, 1.54) is 12.8 Å². The predicted molar refractivity (Wildman–Crippen MR) is 106 cm³/mol. The summed E-state index contributed by atoms with van der Waals surface area (Å²) < 4.78 is 11.5. The molecule has 1 amide bonds. The van der Waals surface area contributed by atoms with Crippen molar-refractivity contribution in [3.63, 3.8) is 0 Å². The fourth-order valence-electron chi connectivity index (χ4n) is 3.39. The first-order valence-corrected chi connectivity index (χ1v) is 9.47. The van der Waals surface area contributed by atoms with Crippen molar-refractivity contribution < 1.29 is 14.3 Å². The van der Waals surface area contributed by atoms with Crippen molar-refractivity contribution in [3.05, 3.63) is 59.7 Å². The minimum Gasteiger partial charge on any atom is -0.493 e. The van der Waals surface area contributed by atoms with Crippen molar-refractivity contribution >= 4 is 5.91 Å². The zero-order valence-electron chi connectivity index (χ0n) is 16.0. The van der Waals surface area contributed by atoms with E-state index in [0.717, 1.165) is 29.7 Å². The molecule has 0 radical (unpaired) electrons. The Bertz CT molecular complexity index is 768. The average Bonchev–Trinajstić information content (AvgIpc) is 3.20. The lowest BCUT2D eigenvalue weighted by Crippen LogP contribution is -2.48. The number of benzene rings is 2. The second-order valence-corrected chi connectivity index (χ2v) is 7.26. The number of carbonyl (C=O) groups is 1. The highest BCUT2D eigenvalue weighted by atomic mass is 16.5. The molecule has 0 bridgehead atoms. The molecule has 27 heavy (non-hydrogen) atoms. The first-order chi connectivity index (χ1) is 13.0. The molecule has 0 spiro atoms. The molecule has 5 nitrogen and oxygen atoms in total. The lowest BCUT2D eigenvalue weighted by molar-refractivity contribution is -0.126. The summed E-state index contributed by atoms with van der Waals surface area (Å²) in [6.45, 7) is 2.10. The second-order valence-electron chi connectivity index (χ2n) is 7.26. The van der Waals surface area contributed by atoms with Gasteiger partial charge < -0.3 is 20.5 Å². The maximum absolute atomic E-state index is 12.6. The summed E-state index contributed by atoms with van der Waals surface area (Å²) in [6.07, 6.45) is 4.81. The van der Waals surface area contributed by atoms with Crippen LogP contribution in [0.5, 0.6) is 11.5 Å². The standard InChI is InChI=1S/C22H28N2O3/c1-22(23,17-8-4-3-5-9-17)21(25)24-15-16-12-13-19(26-2)20(14-16)27-18-10-6-7-11-18/h3-5,8-9,12-14,18H,6-7,10-11,15,23H2,1-2H3,(H,24,25). The average molecular weight is 368 g/mol. The van der Waals surface area contributed by atoms with Crippen LogP contribution in [0.25, 0.3) is 0 Å². The summed E-state index contributed by atoms with van der Waals surface area (Å²) in [4.78, 5) is 12.6. The Hall–Kier alpha value is -2.53. The van der Waals surface area contributed by atoms with Crippen molar-refractivity contribution in [3.8, 4) is 11.5 Å². The van der Waals surface area contributed by atoms with Gasteiger partial charge in [-0.2, -0.15) is 0 Å². The van der Waals surface area contributed by atoms with Gasteiger partial charge in [0.25, 0.3) is 0 Å². The largest absolute Gasteiger partial charge is 0.493 e. The number of nitrogens with two attached hydrogens (primary N) is 1. The molecule has 3 N–H and O–H groups in total. The molecule has 0 aromatic heterocycles. The normalized spacial score (nSPS) is 16.6. The van der Waals surface area contributed by atoms with Crippen molar-refractivity contribution in [1.29, 1.82) is 0 Å². The van der Waals surface area contributed by atoms with Crippen LogP contribution in [0.1, 0.15) is 43.7 Å². The third-order valence-corrected chi connectivity index (χ3v) is 5.12. The molecule has 1 aliphatic rings. The highest BCUT2D eigenvalue weighted by Gasteiger charge is 2.30. The molecule has 0 aliphatic heterocycles. The molecule has 0 heterocycles. The quantitative estimate of drug-likeness (QED) is 0.784. The summed E-state index contributed by atoms with van der Waals surface area (Å²) in [6, 6.07) is 15.1. The van der Waals surface area contributed by atoms with Gasteiger partial charge >= 0.3 is 0 Å². The summed E-state index contributed by atoms with van der Waals surface area (Å²) >= 11 is 0. The molecule has 1 fully saturated rings. The van der Waals surface area contributed by atoms with E-state index in [2.05, 4.69) is 5.32 Å². The third kappa shape index (κ3) is 4.61. The number of rotatable bonds is 7. The zero-order chi connectivity index (χ0) is 19.3. The monoisotopic (exact) mass is 368 g/mol. The van der Waals surface area contributed by atoms with E-state index in [-0.39, 0.29) is 12.0 Å². The van der Waals surface area contributed by atoms with E-state index >= 15 is 0 Å². The van der Waals surface area contributed by atoms with E-state index in [0.29, 0.717) is 12.3 Å². The first-order valence-electron chi connectivity index (χ1n) is 9.47. The Kier molecular flexibility index (Phi) is 6.01. The predicted octanol–water partition coefficient (Wildman–Crippen LogP) is 3.51. The van der Waals surface area contributed by atoms with E-state index < -0.39 is 5.54 Å². The van der Waals surface area contributed by atoms with E-state index in [9.17, 15) is 4.79 Å². The molecule has 2 aromatic rings. The number of methoxy groups -OCH3 is 1. The summed E-state index contributed by atoms with van der Waals surface area (Å²) in [5.41, 5.74) is 6.91. The van der Waals surface area contributed by atoms with Gasteiger partial charge in [0.15, 0.2) is 11.5 Å². The van der Waals surface area contributed by atoms with Gasteiger partial charge in [0.1, 0.15) is 5.54 Å². The maximum atomic E-state index is 12.6.